The van der Waals surface area contributed by atoms with Crippen LogP contribution < -0.4 is 0 Å². The molecule has 3 aromatic rings. The van der Waals surface area contributed by atoms with Gasteiger partial charge in [0.05, 0.1) is 17.1 Å². The number of carboxylic acids is 1. The molecule has 1 N–H and O–H groups in total. The van der Waals surface area contributed by atoms with E-state index in [1.165, 1.54) is 0 Å². The fourth-order valence-electron chi connectivity index (χ4n) is 4.27. The van der Waals surface area contributed by atoms with Crippen LogP contribution in [0.1, 0.15) is 49.7 Å². The number of hydrogen-bond acceptors (Lipinski definition) is 5. The molecule has 0 aliphatic rings. The number of rotatable bonds is 15. The molecule has 0 saturated carbocycles. The minimum atomic E-state index is -3.71. The second kappa shape index (κ2) is 13.9. The maximum Gasteiger partial charge on any atom is 0.303 e. The molecule has 0 spiro atoms. The van der Waals surface area contributed by atoms with Crippen molar-refractivity contribution in [2.75, 3.05) is 19.0 Å². The molecule has 1 atom stereocenters. The van der Waals surface area contributed by atoms with E-state index in [0.717, 1.165) is 29.5 Å². The number of ketones is 1. The molecule has 0 heterocycles. The predicted octanol–water partition coefficient (Wildman–Crippen LogP) is 5.70. The molecule has 7 heteroatoms. The maximum atomic E-state index is 13.1. The van der Waals surface area contributed by atoms with E-state index in [4.69, 9.17) is 4.74 Å². The first-order valence-corrected chi connectivity index (χ1v) is 14.2. The van der Waals surface area contributed by atoms with Crippen LogP contribution in [0.2, 0.25) is 0 Å². The first-order chi connectivity index (χ1) is 17.8. The van der Waals surface area contributed by atoms with Gasteiger partial charge in [-0.15, -0.1) is 0 Å². The van der Waals surface area contributed by atoms with Crippen molar-refractivity contribution in [1.29, 1.82) is 0 Å². The van der Waals surface area contributed by atoms with E-state index in [1.807, 2.05) is 37.3 Å². The van der Waals surface area contributed by atoms with Crippen molar-refractivity contribution in [2.45, 2.75) is 49.8 Å². The fraction of sp³-hybridized carbons (Fsp3) is 0.333. The molecule has 0 amide bonds. The minimum absolute atomic E-state index is 0.154. The largest absolute Gasteiger partial charge is 0.481 e. The van der Waals surface area contributed by atoms with E-state index in [-0.39, 0.29) is 22.9 Å². The highest BCUT2D eigenvalue weighted by atomic mass is 32.2. The van der Waals surface area contributed by atoms with Gasteiger partial charge in [-0.05, 0) is 54.2 Å². The van der Waals surface area contributed by atoms with Crippen molar-refractivity contribution in [3.8, 4) is 11.1 Å². The van der Waals surface area contributed by atoms with Crippen molar-refractivity contribution >= 4 is 21.6 Å². The maximum absolute atomic E-state index is 13.1. The molecule has 3 aromatic carbocycles. The zero-order chi connectivity index (χ0) is 26.7. The number of Topliss-reactive ketones (excluding diaryl/α,β-unsaturated/α-hetero) is 1. The topological polar surface area (TPSA) is 97.7 Å². The Morgan fingerprint density at radius 3 is 2.30 bits per heavy atom. The summed E-state index contributed by atoms with van der Waals surface area (Å²) >= 11 is 0. The van der Waals surface area contributed by atoms with Gasteiger partial charge in [0.15, 0.2) is 9.84 Å². The normalized spacial score (nSPS) is 12.2. The zero-order valence-corrected chi connectivity index (χ0v) is 22.0. The number of unbranched alkanes of at least 4 members (excludes halogenated alkanes) is 1. The van der Waals surface area contributed by atoms with Gasteiger partial charge in [-0.2, -0.15) is 0 Å². The Bertz CT molecular complexity index is 1270. The lowest BCUT2D eigenvalue weighted by atomic mass is 9.98. The van der Waals surface area contributed by atoms with E-state index in [1.54, 1.807) is 48.5 Å². The number of carbonyl (C=O) groups excluding carboxylic acids is 1. The van der Waals surface area contributed by atoms with Crippen LogP contribution in [0, 0.1) is 0 Å². The summed E-state index contributed by atoms with van der Waals surface area (Å²) in [5, 5.41) is 9.30. The van der Waals surface area contributed by atoms with Gasteiger partial charge in [0.1, 0.15) is 5.78 Å². The SMILES string of the molecule is CCOCCCCC(=O)Cc1cccc(-c2ccc(S(=O)(=O)CC(CC(=O)O)c3ccccc3)cc2)c1. The fourth-order valence-corrected chi connectivity index (χ4v) is 5.86. The lowest BCUT2D eigenvalue weighted by Gasteiger charge is -2.16. The van der Waals surface area contributed by atoms with Crippen LogP contribution in [-0.2, 0) is 30.6 Å². The summed E-state index contributed by atoms with van der Waals surface area (Å²) in [5.74, 6) is -1.78. The molecule has 0 fully saturated rings. The third kappa shape index (κ3) is 8.95. The van der Waals surface area contributed by atoms with E-state index in [9.17, 15) is 23.1 Å². The second-order valence-electron chi connectivity index (χ2n) is 9.08. The van der Waals surface area contributed by atoms with Gasteiger partial charge in [-0.3, -0.25) is 9.59 Å². The van der Waals surface area contributed by atoms with Gasteiger partial charge in [0.25, 0.3) is 0 Å². The van der Waals surface area contributed by atoms with E-state index in [0.29, 0.717) is 31.6 Å². The highest BCUT2D eigenvalue weighted by molar-refractivity contribution is 7.91. The zero-order valence-electron chi connectivity index (χ0n) is 21.1. The summed E-state index contributed by atoms with van der Waals surface area (Å²) in [7, 11) is -3.71. The van der Waals surface area contributed by atoms with Crippen molar-refractivity contribution < 1.29 is 27.9 Å². The summed E-state index contributed by atoms with van der Waals surface area (Å²) < 4.78 is 31.6. The van der Waals surface area contributed by atoms with Gasteiger partial charge >= 0.3 is 5.97 Å². The smallest absolute Gasteiger partial charge is 0.303 e. The Kier molecular flexibility index (Phi) is 10.6. The quantitative estimate of drug-likeness (QED) is 0.257. The molecule has 1 unspecified atom stereocenters. The molecular weight excluding hydrogens is 488 g/mol. The summed E-state index contributed by atoms with van der Waals surface area (Å²) in [5.41, 5.74) is 3.35. The van der Waals surface area contributed by atoms with E-state index < -0.39 is 21.7 Å². The molecule has 6 nitrogen and oxygen atoms in total. The molecule has 0 aliphatic carbocycles. The number of ether oxygens (including phenoxy) is 1. The van der Waals surface area contributed by atoms with Gasteiger partial charge in [-0.25, -0.2) is 8.42 Å². The molecule has 0 radical (unpaired) electrons. The van der Waals surface area contributed by atoms with Crippen molar-refractivity contribution in [3.63, 3.8) is 0 Å². The molecule has 0 bridgehead atoms. The Labute approximate surface area is 219 Å². The molecular formula is C30H34O6S. The molecule has 0 saturated heterocycles. The van der Waals surface area contributed by atoms with Crippen LogP contribution in [0.15, 0.2) is 83.8 Å². The van der Waals surface area contributed by atoms with E-state index >= 15 is 0 Å². The number of aliphatic carboxylic acids is 1. The first-order valence-electron chi connectivity index (χ1n) is 12.6. The lowest BCUT2D eigenvalue weighted by Crippen LogP contribution is -2.18. The van der Waals surface area contributed by atoms with Crippen molar-refractivity contribution in [3.05, 3.63) is 90.0 Å². The van der Waals surface area contributed by atoms with Gasteiger partial charge in [0.2, 0.25) is 0 Å². The number of carbonyl (C=O) groups is 2. The highest BCUT2D eigenvalue weighted by Gasteiger charge is 2.25. The number of hydrogen-bond donors (Lipinski definition) is 1. The number of sulfone groups is 1. The second-order valence-corrected chi connectivity index (χ2v) is 11.1. The number of carboxylic acid groups (broad SMARTS) is 1. The van der Waals surface area contributed by atoms with Crippen LogP contribution in [0.4, 0.5) is 0 Å². The Morgan fingerprint density at radius 1 is 0.892 bits per heavy atom. The van der Waals surface area contributed by atoms with Crippen molar-refractivity contribution in [2.24, 2.45) is 0 Å². The Balaban J connectivity index is 1.68. The first kappa shape index (κ1) is 28.3. The molecule has 196 valence electrons. The lowest BCUT2D eigenvalue weighted by molar-refractivity contribution is -0.137. The summed E-state index contributed by atoms with van der Waals surface area (Å²) in [6.45, 7) is 3.32. The summed E-state index contributed by atoms with van der Waals surface area (Å²) in [6, 6.07) is 23.2. The average Bonchev–Trinajstić information content (AvgIpc) is 2.88. The molecule has 0 aromatic heterocycles. The molecule has 3 rings (SSSR count). The van der Waals surface area contributed by atoms with Crippen LogP contribution in [0.5, 0.6) is 0 Å². The van der Waals surface area contributed by atoms with Crippen LogP contribution in [0.25, 0.3) is 11.1 Å². The standard InChI is InChI=1S/C30H34O6S/c1-2-36-18-7-6-13-28(31)20-23-9-8-12-26(19-23)25-14-16-29(17-15-25)37(34,35)22-27(21-30(32)33)24-10-4-3-5-11-24/h3-5,8-12,14-17,19,27H,2,6-7,13,18,20-22H2,1H3,(H,32,33). The Morgan fingerprint density at radius 2 is 1.62 bits per heavy atom. The third-order valence-corrected chi connectivity index (χ3v) is 8.02. The van der Waals surface area contributed by atoms with Crippen molar-refractivity contribution in [1.82, 2.24) is 0 Å². The van der Waals surface area contributed by atoms with Crippen LogP contribution in [0.3, 0.4) is 0 Å². The van der Waals surface area contributed by atoms with Gasteiger partial charge < -0.3 is 9.84 Å². The highest BCUT2D eigenvalue weighted by Crippen LogP contribution is 2.27. The minimum Gasteiger partial charge on any atom is -0.481 e. The monoisotopic (exact) mass is 522 g/mol. The van der Waals surface area contributed by atoms with Gasteiger partial charge in [0, 0.05) is 32.0 Å². The summed E-state index contributed by atoms with van der Waals surface area (Å²) in [4.78, 5) is 23.9. The van der Waals surface area contributed by atoms with Gasteiger partial charge in [-0.1, -0.05) is 66.7 Å². The average molecular weight is 523 g/mol. The van der Waals surface area contributed by atoms with Crippen LogP contribution >= 0.6 is 0 Å². The molecule has 0 aliphatic heterocycles. The summed E-state index contributed by atoms with van der Waals surface area (Å²) in [6.07, 6.45) is 2.30. The van der Waals surface area contributed by atoms with E-state index in [2.05, 4.69) is 0 Å². The third-order valence-electron chi connectivity index (χ3n) is 6.19. The Hall–Kier alpha value is -3.29. The van der Waals surface area contributed by atoms with Crippen LogP contribution in [-0.4, -0.2) is 44.2 Å². The number of benzene rings is 3. The molecule has 37 heavy (non-hydrogen) atoms. The predicted molar refractivity (Wildman–Crippen MR) is 144 cm³/mol.